The van der Waals surface area contributed by atoms with Crippen LogP contribution in [0, 0.1) is 11.6 Å². The Hall–Kier alpha value is -2.17. The summed E-state index contributed by atoms with van der Waals surface area (Å²) >= 11 is 10.1. The molecule has 0 bridgehead atoms. The van der Waals surface area contributed by atoms with Crippen LogP contribution in [-0.2, 0) is 4.79 Å². The number of aromatic nitrogens is 3. The van der Waals surface area contributed by atoms with Crippen molar-refractivity contribution in [1.29, 1.82) is 0 Å². The zero-order valence-electron chi connectivity index (χ0n) is 13.4. The molecule has 0 aliphatic rings. The molecule has 140 valence electrons. The van der Waals surface area contributed by atoms with Gasteiger partial charge in [-0.2, -0.15) is 0 Å². The molecule has 3 aromatic rings. The van der Waals surface area contributed by atoms with Crippen LogP contribution < -0.4 is 11.2 Å². The summed E-state index contributed by atoms with van der Waals surface area (Å²) in [7, 11) is 0. The van der Waals surface area contributed by atoms with Gasteiger partial charge < -0.3 is 11.2 Å². The van der Waals surface area contributed by atoms with Crippen molar-refractivity contribution in [3.8, 4) is 11.4 Å². The molecular weight excluding hydrogens is 464 g/mol. The van der Waals surface area contributed by atoms with Gasteiger partial charge in [-0.15, -0.1) is 10.2 Å². The van der Waals surface area contributed by atoms with Gasteiger partial charge >= 0.3 is 0 Å². The third-order valence-corrected chi connectivity index (χ3v) is 5.28. The van der Waals surface area contributed by atoms with E-state index in [0.717, 1.165) is 17.8 Å². The number of hydrogen-bond acceptors (Lipinski definition) is 5. The number of nitrogen functional groups attached to an aromatic ring is 1. The number of benzene rings is 2. The van der Waals surface area contributed by atoms with Crippen LogP contribution in [0.5, 0.6) is 0 Å². The monoisotopic (exact) mass is 473 g/mol. The summed E-state index contributed by atoms with van der Waals surface area (Å²) in [5.41, 5.74) is 0.454. The van der Waals surface area contributed by atoms with Gasteiger partial charge in [0.15, 0.2) is 11.6 Å². The highest BCUT2D eigenvalue weighted by molar-refractivity contribution is 9.10. The van der Waals surface area contributed by atoms with Crippen LogP contribution in [0.2, 0.25) is 5.02 Å². The lowest BCUT2D eigenvalue weighted by Crippen LogP contribution is -2.17. The normalized spacial score (nSPS) is 10.8. The molecule has 0 aliphatic carbocycles. The highest BCUT2D eigenvalue weighted by Crippen LogP contribution is 2.29. The minimum absolute atomic E-state index is 0.0985. The van der Waals surface area contributed by atoms with Crippen LogP contribution in [-0.4, -0.2) is 26.5 Å². The molecule has 3 rings (SSSR count). The second-order valence-corrected chi connectivity index (χ2v) is 7.44. The van der Waals surface area contributed by atoms with E-state index in [1.165, 1.54) is 4.68 Å². The van der Waals surface area contributed by atoms with E-state index in [0.29, 0.717) is 22.5 Å². The molecule has 0 unspecified atom stereocenters. The first kappa shape index (κ1) is 19.6. The molecule has 11 heteroatoms. The maximum absolute atomic E-state index is 13.8. The van der Waals surface area contributed by atoms with Gasteiger partial charge in [-0.25, -0.2) is 13.5 Å². The highest BCUT2D eigenvalue weighted by Gasteiger charge is 2.17. The van der Waals surface area contributed by atoms with Crippen LogP contribution in [0.15, 0.2) is 46.0 Å². The number of anilines is 1. The van der Waals surface area contributed by atoms with Crippen LogP contribution in [0.4, 0.5) is 14.5 Å². The molecule has 0 aliphatic heterocycles. The second-order valence-electron chi connectivity index (χ2n) is 5.24. The summed E-state index contributed by atoms with van der Waals surface area (Å²) in [5.74, 6) is 4.05. The molecule has 0 atom stereocenters. The van der Waals surface area contributed by atoms with E-state index >= 15 is 0 Å². The molecule has 0 radical (unpaired) electrons. The molecule has 0 spiro atoms. The van der Waals surface area contributed by atoms with Crippen LogP contribution in [0.25, 0.3) is 11.4 Å². The van der Waals surface area contributed by atoms with Gasteiger partial charge in [0.25, 0.3) is 0 Å². The van der Waals surface area contributed by atoms with Crippen molar-refractivity contribution in [2.75, 3.05) is 16.9 Å². The molecule has 6 nitrogen and oxygen atoms in total. The predicted molar refractivity (Wildman–Crippen MR) is 104 cm³/mol. The van der Waals surface area contributed by atoms with E-state index in [2.05, 4.69) is 31.4 Å². The molecule has 2 aromatic carbocycles. The van der Waals surface area contributed by atoms with Gasteiger partial charge in [0.2, 0.25) is 11.1 Å². The number of carbonyl (C=O) groups excluding carboxylic acids is 1. The zero-order valence-corrected chi connectivity index (χ0v) is 16.6. The Kier molecular flexibility index (Phi) is 5.98. The standard InChI is InChI=1S/C16H11BrClF2N5OS/c17-10-5-8(19)6-12(20)14(10)22-13(26)7-27-16-24-23-15(25(16)21)9-3-1-2-4-11(9)18/h1-6H,7,21H2,(H,22,26). The van der Waals surface area contributed by atoms with E-state index in [-0.39, 0.29) is 21.1 Å². The lowest BCUT2D eigenvalue weighted by atomic mass is 10.2. The Balaban J connectivity index is 1.69. The van der Waals surface area contributed by atoms with Crippen molar-refractivity contribution in [3.05, 3.63) is 57.5 Å². The van der Waals surface area contributed by atoms with Gasteiger partial charge in [-0.3, -0.25) is 4.79 Å². The van der Waals surface area contributed by atoms with Crippen molar-refractivity contribution in [2.45, 2.75) is 5.16 Å². The minimum atomic E-state index is -0.886. The third-order valence-electron chi connectivity index (χ3n) is 3.38. The quantitative estimate of drug-likeness (QED) is 0.430. The van der Waals surface area contributed by atoms with Gasteiger partial charge in [0, 0.05) is 16.1 Å². The van der Waals surface area contributed by atoms with E-state index < -0.39 is 17.5 Å². The number of thioether (sulfide) groups is 1. The Morgan fingerprint density at radius 3 is 2.74 bits per heavy atom. The van der Waals surface area contributed by atoms with Crippen molar-refractivity contribution < 1.29 is 13.6 Å². The Labute approximate surface area is 170 Å². The van der Waals surface area contributed by atoms with Crippen molar-refractivity contribution in [1.82, 2.24) is 14.9 Å². The Morgan fingerprint density at radius 1 is 1.30 bits per heavy atom. The number of nitrogens with zero attached hydrogens (tertiary/aromatic N) is 3. The summed E-state index contributed by atoms with van der Waals surface area (Å²) in [5, 5.41) is 11.0. The third kappa shape index (κ3) is 4.40. The number of nitrogens with one attached hydrogen (secondary N) is 1. The van der Waals surface area contributed by atoms with Gasteiger partial charge in [-0.1, -0.05) is 35.5 Å². The van der Waals surface area contributed by atoms with Gasteiger partial charge in [0.05, 0.1) is 16.5 Å². The van der Waals surface area contributed by atoms with Crippen molar-refractivity contribution in [3.63, 3.8) is 0 Å². The number of hydrogen-bond donors (Lipinski definition) is 2. The average Bonchev–Trinajstić information content (AvgIpc) is 2.97. The molecule has 1 heterocycles. The molecule has 1 aromatic heterocycles. The van der Waals surface area contributed by atoms with Crippen molar-refractivity contribution >= 4 is 50.9 Å². The molecular formula is C16H11BrClF2N5OS. The minimum Gasteiger partial charge on any atom is -0.335 e. The van der Waals surface area contributed by atoms with Crippen molar-refractivity contribution in [2.24, 2.45) is 0 Å². The fourth-order valence-electron chi connectivity index (χ4n) is 2.17. The van der Waals surface area contributed by atoms with Crippen LogP contribution >= 0.6 is 39.3 Å². The van der Waals surface area contributed by atoms with E-state index in [4.69, 9.17) is 17.4 Å². The molecule has 0 fully saturated rings. The molecule has 3 N–H and O–H groups in total. The predicted octanol–water partition coefficient (Wildman–Crippen LogP) is 4.08. The SMILES string of the molecule is Nn1c(SCC(=O)Nc2c(F)cc(F)cc2Br)nnc1-c1ccccc1Cl. The largest absolute Gasteiger partial charge is 0.335 e. The van der Waals surface area contributed by atoms with E-state index in [1.807, 2.05) is 0 Å². The maximum atomic E-state index is 13.8. The fraction of sp³-hybridized carbons (Fsp3) is 0.0625. The van der Waals surface area contributed by atoms with E-state index in [1.54, 1.807) is 24.3 Å². The number of carbonyl (C=O) groups is 1. The second kappa shape index (κ2) is 8.24. The number of nitrogens with two attached hydrogens (primary N) is 1. The van der Waals surface area contributed by atoms with Crippen LogP contribution in [0.1, 0.15) is 0 Å². The Bertz CT molecular complexity index is 993. The number of amides is 1. The zero-order chi connectivity index (χ0) is 19.6. The van der Waals surface area contributed by atoms with Crippen LogP contribution in [0.3, 0.4) is 0 Å². The topological polar surface area (TPSA) is 85.8 Å². The first-order valence-electron chi connectivity index (χ1n) is 7.39. The lowest BCUT2D eigenvalue weighted by molar-refractivity contribution is -0.113. The lowest BCUT2D eigenvalue weighted by Gasteiger charge is -2.09. The fourth-order valence-corrected chi connectivity index (χ4v) is 3.55. The maximum Gasteiger partial charge on any atom is 0.234 e. The smallest absolute Gasteiger partial charge is 0.234 e. The summed E-state index contributed by atoms with van der Waals surface area (Å²) in [6, 6.07) is 8.73. The first-order chi connectivity index (χ1) is 12.9. The molecule has 1 amide bonds. The summed E-state index contributed by atoms with van der Waals surface area (Å²) in [6.45, 7) is 0. The summed E-state index contributed by atoms with van der Waals surface area (Å²) in [4.78, 5) is 12.1. The average molecular weight is 475 g/mol. The highest BCUT2D eigenvalue weighted by atomic mass is 79.9. The molecule has 0 saturated carbocycles. The molecule has 27 heavy (non-hydrogen) atoms. The number of rotatable bonds is 5. The van der Waals surface area contributed by atoms with Gasteiger partial charge in [0.1, 0.15) is 5.82 Å². The summed E-state index contributed by atoms with van der Waals surface area (Å²) in [6.07, 6.45) is 0. The summed E-state index contributed by atoms with van der Waals surface area (Å²) < 4.78 is 28.2. The molecule has 0 saturated heterocycles. The first-order valence-corrected chi connectivity index (χ1v) is 9.55. The van der Waals surface area contributed by atoms with E-state index in [9.17, 15) is 13.6 Å². The van der Waals surface area contributed by atoms with Gasteiger partial charge in [-0.05, 0) is 34.1 Å². The Morgan fingerprint density at radius 2 is 2.04 bits per heavy atom. The number of halogens is 4.